The van der Waals surface area contributed by atoms with Crippen LogP contribution in [0.15, 0.2) is 18.3 Å². The summed E-state index contributed by atoms with van der Waals surface area (Å²) in [6, 6.07) is 3.57. The van der Waals surface area contributed by atoms with Gasteiger partial charge in [-0.05, 0) is 12.1 Å². The van der Waals surface area contributed by atoms with E-state index in [0.717, 1.165) is 0 Å². The quantitative estimate of drug-likeness (QED) is 0.821. The van der Waals surface area contributed by atoms with E-state index in [0.29, 0.717) is 22.2 Å². The third-order valence-corrected chi connectivity index (χ3v) is 2.38. The van der Waals surface area contributed by atoms with Crippen LogP contribution in [-0.4, -0.2) is 21.6 Å². The van der Waals surface area contributed by atoms with Crippen LogP contribution in [0.5, 0.6) is 5.75 Å². The summed E-state index contributed by atoms with van der Waals surface area (Å²) in [6.45, 7) is -0.164. The Balaban J connectivity index is 2.68. The number of pyridine rings is 1. The molecule has 14 heavy (non-hydrogen) atoms. The number of rotatable bonds is 2. The van der Waals surface area contributed by atoms with Gasteiger partial charge in [0.2, 0.25) is 0 Å². The molecule has 0 fully saturated rings. The van der Waals surface area contributed by atoms with Gasteiger partial charge in [0.1, 0.15) is 22.2 Å². The predicted octanol–water partition coefficient (Wildman–Crippen LogP) is 1.49. The number of nitrogens with zero attached hydrogens (tertiary/aromatic N) is 2. The molecular formula is C9H9ClN2O2. The second-order valence-electron chi connectivity index (χ2n) is 2.80. The van der Waals surface area contributed by atoms with E-state index in [9.17, 15) is 0 Å². The summed E-state index contributed by atoms with van der Waals surface area (Å²) in [4.78, 5) is 4.13. The largest absolute Gasteiger partial charge is 0.495 e. The number of imidazole rings is 1. The Morgan fingerprint density at radius 3 is 3.00 bits per heavy atom. The van der Waals surface area contributed by atoms with E-state index in [-0.39, 0.29) is 6.61 Å². The van der Waals surface area contributed by atoms with E-state index >= 15 is 0 Å². The average Bonchev–Trinajstić information content (AvgIpc) is 2.55. The molecule has 0 atom stereocenters. The minimum absolute atomic E-state index is 0.164. The number of halogens is 1. The van der Waals surface area contributed by atoms with Crippen LogP contribution < -0.4 is 4.74 Å². The van der Waals surface area contributed by atoms with Crippen LogP contribution in [0.2, 0.25) is 5.15 Å². The van der Waals surface area contributed by atoms with Gasteiger partial charge in [0.25, 0.3) is 0 Å². The van der Waals surface area contributed by atoms with Crippen molar-refractivity contribution in [2.24, 2.45) is 0 Å². The lowest BCUT2D eigenvalue weighted by Gasteiger charge is -2.00. The van der Waals surface area contributed by atoms with Crippen molar-refractivity contribution in [2.45, 2.75) is 6.61 Å². The SMILES string of the molecule is COc1ccc2nc(CO)c(Cl)n2c1. The first-order chi connectivity index (χ1) is 6.76. The van der Waals surface area contributed by atoms with E-state index in [1.807, 2.05) is 0 Å². The lowest BCUT2D eigenvalue weighted by atomic mass is 10.4. The number of aromatic nitrogens is 2. The van der Waals surface area contributed by atoms with E-state index in [4.69, 9.17) is 21.4 Å². The van der Waals surface area contributed by atoms with Crippen molar-refractivity contribution in [1.29, 1.82) is 0 Å². The third kappa shape index (κ3) is 1.32. The van der Waals surface area contributed by atoms with E-state index in [1.165, 1.54) is 0 Å². The Kier molecular flexibility index (Phi) is 2.31. The molecule has 2 aromatic rings. The predicted molar refractivity (Wildman–Crippen MR) is 52.7 cm³/mol. The number of fused-ring (bicyclic) bond motifs is 1. The van der Waals surface area contributed by atoms with E-state index in [1.54, 1.807) is 29.8 Å². The van der Waals surface area contributed by atoms with Crippen molar-refractivity contribution >= 4 is 17.2 Å². The Morgan fingerprint density at radius 2 is 2.36 bits per heavy atom. The van der Waals surface area contributed by atoms with Gasteiger partial charge in [-0.15, -0.1) is 0 Å². The number of aliphatic hydroxyl groups is 1. The van der Waals surface area contributed by atoms with Crippen LogP contribution in [0.25, 0.3) is 5.65 Å². The van der Waals surface area contributed by atoms with Crippen molar-refractivity contribution in [2.75, 3.05) is 7.11 Å². The molecule has 1 N–H and O–H groups in total. The highest BCUT2D eigenvalue weighted by atomic mass is 35.5. The molecule has 0 saturated carbocycles. The number of hydrogen-bond acceptors (Lipinski definition) is 3. The highest BCUT2D eigenvalue weighted by Crippen LogP contribution is 2.21. The van der Waals surface area contributed by atoms with E-state index < -0.39 is 0 Å². The maximum atomic E-state index is 8.95. The molecule has 0 unspecified atom stereocenters. The minimum Gasteiger partial charge on any atom is -0.495 e. The van der Waals surface area contributed by atoms with Gasteiger partial charge in [0.05, 0.1) is 19.9 Å². The molecule has 0 radical (unpaired) electrons. The lowest BCUT2D eigenvalue weighted by Crippen LogP contribution is -1.88. The maximum absolute atomic E-state index is 8.95. The Morgan fingerprint density at radius 1 is 1.57 bits per heavy atom. The van der Waals surface area contributed by atoms with E-state index in [2.05, 4.69) is 4.98 Å². The zero-order valence-corrected chi connectivity index (χ0v) is 8.32. The smallest absolute Gasteiger partial charge is 0.138 e. The van der Waals surface area contributed by atoms with Gasteiger partial charge in [0.15, 0.2) is 0 Å². The molecule has 5 heteroatoms. The van der Waals surface area contributed by atoms with Gasteiger partial charge in [-0.2, -0.15) is 0 Å². The van der Waals surface area contributed by atoms with Crippen molar-refractivity contribution in [1.82, 2.24) is 9.38 Å². The monoisotopic (exact) mass is 212 g/mol. The summed E-state index contributed by atoms with van der Waals surface area (Å²) >= 11 is 5.97. The van der Waals surface area contributed by atoms with Crippen molar-refractivity contribution in [3.05, 3.63) is 29.2 Å². The normalized spacial score (nSPS) is 10.8. The standard InChI is InChI=1S/C9H9ClN2O2/c1-14-6-2-3-8-11-7(5-13)9(10)12(8)4-6/h2-4,13H,5H2,1H3. The molecule has 0 aliphatic rings. The second-order valence-corrected chi connectivity index (χ2v) is 3.16. The molecular weight excluding hydrogens is 204 g/mol. The lowest BCUT2D eigenvalue weighted by molar-refractivity contribution is 0.277. The molecule has 0 aromatic carbocycles. The van der Waals surface area contributed by atoms with Crippen LogP contribution in [0, 0.1) is 0 Å². The first-order valence-electron chi connectivity index (χ1n) is 4.07. The number of aliphatic hydroxyl groups excluding tert-OH is 1. The molecule has 0 aliphatic carbocycles. The molecule has 2 aromatic heterocycles. The summed E-state index contributed by atoms with van der Waals surface area (Å²) in [5.41, 5.74) is 1.17. The Hall–Kier alpha value is -1.26. The van der Waals surface area contributed by atoms with Gasteiger partial charge in [-0.3, -0.25) is 4.40 Å². The number of ether oxygens (including phenoxy) is 1. The van der Waals surface area contributed by atoms with Crippen molar-refractivity contribution in [3.63, 3.8) is 0 Å². The van der Waals surface area contributed by atoms with Crippen LogP contribution in [0.4, 0.5) is 0 Å². The summed E-state index contributed by atoms with van der Waals surface area (Å²) in [7, 11) is 1.58. The van der Waals surface area contributed by atoms with Crippen molar-refractivity contribution < 1.29 is 9.84 Å². The highest BCUT2D eigenvalue weighted by Gasteiger charge is 2.09. The van der Waals surface area contributed by atoms with Gasteiger partial charge in [0, 0.05) is 0 Å². The summed E-state index contributed by atoms with van der Waals surface area (Å²) in [5, 5.41) is 9.37. The second kappa shape index (κ2) is 3.48. The molecule has 4 nitrogen and oxygen atoms in total. The first-order valence-corrected chi connectivity index (χ1v) is 4.45. The van der Waals surface area contributed by atoms with Gasteiger partial charge in [-0.25, -0.2) is 4.98 Å². The summed E-state index contributed by atoms with van der Waals surface area (Å²) in [6.07, 6.45) is 1.73. The van der Waals surface area contributed by atoms with Crippen LogP contribution in [-0.2, 0) is 6.61 Å². The first kappa shape index (κ1) is 9.30. The van der Waals surface area contributed by atoms with Gasteiger partial charge in [-0.1, -0.05) is 11.6 Å². The van der Waals surface area contributed by atoms with Crippen molar-refractivity contribution in [3.8, 4) is 5.75 Å². The molecule has 0 aliphatic heterocycles. The molecule has 0 spiro atoms. The van der Waals surface area contributed by atoms with Crippen LogP contribution in [0.1, 0.15) is 5.69 Å². The summed E-state index contributed by atoms with van der Waals surface area (Å²) < 4.78 is 6.72. The third-order valence-electron chi connectivity index (χ3n) is 1.98. The minimum atomic E-state index is -0.164. The number of hydrogen-bond donors (Lipinski definition) is 1. The summed E-state index contributed by atoms with van der Waals surface area (Å²) in [5.74, 6) is 0.696. The maximum Gasteiger partial charge on any atom is 0.138 e. The molecule has 0 amide bonds. The number of methoxy groups -OCH3 is 1. The molecule has 0 bridgehead atoms. The molecule has 2 rings (SSSR count). The van der Waals surface area contributed by atoms with Gasteiger partial charge >= 0.3 is 0 Å². The zero-order chi connectivity index (χ0) is 10.1. The molecule has 0 saturated heterocycles. The zero-order valence-electron chi connectivity index (χ0n) is 7.57. The molecule has 74 valence electrons. The fraction of sp³-hybridized carbons (Fsp3) is 0.222. The van der Waals surface area contributed by atoms with Crippen LogP contribution in [0.3, 0.4) is 0 Å². The topological polar surface area (TPSA) is 46.8 Å². The molecule has 2 heterocycles. The van der Waals surface area contributed by atoms with Crippen LogP contribution >= 0.6 is 11.6 Å². The fourth-order valence-corrected chi connectivity index (χ4v) is 1.50. The highest BCUT2D eigenvalue weighted by molar-refractivity contribution is 6.30. The Labute approximate surface area is 85.7 Å². The Bertz CT molecular complexity index is 467. The van der Waals surface area contributed by atoms with Gasteiger partial charge < -0.3 is 9.84 Å². The fourth-order valence-electron chi connectivity index (χ4n) is 1.27. The average molecular weight is 213 g/mol.